The van der Waals surface area contributed by atoms with E-state index in [1.807, 2.05) is 10.3 Å². The van der Waals surface area contributed by atoms with Crippen molar-refractivity contribution in [3.05, 3.63) is 62.5 Å². The molecular weight excluding hydrogens is 575 g/mol. The van der Waals surface area contributed by atoms with Gasteiger partial charge in [-0.15, -0.1) is 11.3 Å². The van der Waals surface area contributed by atoms with Gasteiger partial charge in [0.05, 0.1) is 18.7 Å². The fourth-order valence-electron chi connectivity index (χ4n) is 5.44. The van der Waals surface area contributed by atoms with Crippen molar-refractivity contribution in [3.63, 3.8) is 0 Å². The molecule has 0 bridgehead atoms. The van der Waals surface area contributed by atoms with Crippen LogP contribution in [0.3, 0.4) is 0 Å². The standard InChI is InChI=1S/C27H30ClFN6O5S/c1-40-26(38)22-20(15-33-9-10-35-17(13-33)14-34(27(35)39)8-3-2-4-21(36)37)31-24(25-30-7-11-41-25)32-23(22)18-6-5-16(29)12-19(18)28/h5-7,11-12,17,23H,2-4,8-10,13-15H2,1H3,(H,31,32)(H,36,37). The fraction of sp³-hybridized carbons (Fsp3) is 0.444. The van der Waals surface area contributed by atoms with E-state index in [2.05, 4.69) is 15.2 Å². The number of carbonyl (C=O) groups is 3. The number of nitrogens with zero attached hydrogens (tertiary/aromatic N) is 5. The summed E-state index contributed by atoms with van der Waals surface area (Å²) in [5, 5.41) is 14.8. The van der Waals surface area contributed by atoms with Gasteiger partial charge in [0, 0.05) is 73.5 Å². The lowest BCUT2D eigenvalue weighted by Crippen LogP contribution is -2.53. The van der Waals surface area contributed by atoms with E-state index >= 15 is 0 Å². The van der Waals surface area contributed by atoms with Crippen molar-refractivity contribution in [3.8, 4) is 0 Å². The quantitative estimate of drug-likeness (QED) is 0.313. The number of aliphatic imine (C=N–C) groups is 1. The normalized spacial score (nSPS) is 21.0. The van der Waals surface area contributed by atoms with Crippen LogP contribution in [0, 0.1) is 5.82 Å². The van der Waals surface area contributed by atoms with E-state index in [0.717, 1.165) is 0 Å². The highest BCUT2D eigenvalue weighted by molar-refractivity contribution is 7.11. The van der Waals surface area contributed by atoms with Crippen molar-refractivity contribution in [1.82, 2.24) is 25.0 Å². The molecule has 2 fully saturated rings. The highest BCUT2D eigenvalue weighted by Crippen LogP contribution is 2.37. The number of ether oxygens (including phenoxy) is 1. The van der Waals surface area contributed by atoms with E-state index < -0.39 is 23.8 Å². The van der Waals surface area contributed by atoms with Gasteiger partial charge in [0.1, 0.15) is 11.9 Å². The largest absolute Gasteiger partial charge is 0.481 e. The highest BCUT2D eigenvalue weighted by atomic mass is 35.5. The van der Waals surface area contributed by atoms with E-state index in [-0.39, 0.29) is 29.1 Å². The first kappa shape index (κ1) is 29.0. The Morgan fingerprint density at radius 1 is 1.27 bits per heavy atom. The lowest BCUT2D eigenvalue weighted by atomic mass is 9.95. The van der Waals surface area contributed by atoms with Crippen LogP contribution in [-0.4, -0.2) is 101 Å². The number of unbranched alkanes of at least 4 members (excludes halogenated alkanes) is 1. The molecule has 4 heterocycles. The summed E-state index contributed by atoms with van der Waals surface area (Å²) in [4.78, 5) is 51.9. The number of amides is 2. The molecule has 2 N–H and O–H groups in total. The molecule has 2 amide bonds. The topological polar surface area (TPSA) is 128 Å². The molecule has 1 aromatic heterocycles. The van der Waals surface area contributed by atoms with E-state index in [4.69, 9.17) is 26.4 Å². The highest BCUT2D eigenvalue weighted by Gasteiger charge is 2.41. The first-order chi connectivity index (χ1) is 19.7. The van der Waals surface area contributed by atoms with Gasteiger partial charge in [0.2, 0.25) is 0 Å². The molecule has 0 aliphatic carbocycles. The van der Waals surface area contributed by atoms with Gasteiger partial charge in [-0.3, -0.25) is 14.7 Å². The van der Waals surface area contributed by atoms with Crippen molar-refractivity contribution in [2.24, 2.45) is 4.99 Å². The number of nitrogens with one attached hydrogen (secondary N) is 1. The number of halogens is 2. The van der Waals surface area contributed by atoms with Crippen LogP contribution in [0.1, 0.15) is 35.9 Å². The van der Waals surface area contributed by atoms with Crippen molar-refractivity contribution in [1.29, 1.82) is 0 Å². The maximum Gasteiger partial charge on any atom is 0.338 e. The lowest BCUT2D eigenvalue weighted by Gasteiger charge is -2.38. The second-order valence-electron chi connectivity index (χ2n) is 10.1. The minimum absolute atomic E-state index is 0.0283. The molecule has 2 unspecified atom stereocenters. The Morgan fingerprint density at radius 3 is 2.80 bits per heavy atom. The zero-order valence-corrected chi connectivity index (χ0v) is 24.0. The number of piperazine rings is 1. The summed E-state index contributed by atoms with van der Waals surface area (Å²) in [5.41, 5.74) is 1.31. The van der Waals surface area contributed by atoms with Gasteiger partial charge in [0.15, 0.2) is 10.8 Å². The monoisotopic (exact) mass is 604 g/mol. The van der Waals surface area contributed by atoms with Crippen LogP contribution >= 0.6 is 22.9 Å². The number of benzene rings is 1. The Bertz CT molecular complexity index is 1390. The molecule has 5 rings (SSSR count). The van der Waals surface area contributed by atoms with E-state index in [0.29, 0.717) is 74.2 Å². The van der Waals surface area contributed by atoms with Gasteiger partial charge < -0.3 is 25.0 Å². The first-order valence-corrected chi connectivity index (χ1v) is 14.5. The Morgan fingerprint density at radius 2 is 2.10 bits per heavy atom. The lowest BCUT2D eigenvalue weighted by molar-refractivity contribution is -0.137. The maximum absolute atomic E-state index is 13.9. The molecule has 0 radical (unpaired) electrons. The average molecular weight is 605 g/mol. The number of hydrogen-bond donors (Lipinski definition) is 2. The molecule has 218 valence electrons. The Hall–Kier alpha value is -3.55. The van der Waals surface area contributed by atoms with Gasteiger partial charge >= 0.3 is 18.0 Å². The third-order valence-corrected chi connectivity index (χ3v) is 8.50. The third-order valence-electron chi connectivity index (χ3n) is 7.39. The van der Waals surface area contributed by atoms with Crippen molar-refractivity contribution in [2.45, 2.75) is 31.3 Å². The number of carboxylic acid groups (broad SMARTS) is 1. The molecule has 11 nitrogen and oxygen atoms in total. The van der Waals surface area contributed by atoms with Gasteiger partial charge in [0.25, 0.3) is 0 Å². The summed E-state index contributed by atoms with van der Waals surface area (Å²) in [5.74, 6) is -1.45. The van der Waals surface area contributed by atoms with Crippen molar-refractivity contribution < 1.29 is 28.6 Å². The SMILES string of the molecule is COC(=O)C1=C(CN2CCN3C(=O)N(CCCCC(=O)O)CC3C2)NC(c2nccs2)=NC1c1ccc(F)cc1Cl. The molecule has 0 spiro atoms. The van der Waals surface area contributed by atoms with E-state index in [9.17, 15) is 18.8 Å². The molecule has 3 aliphatic rings. The Labute approximate surface area is 245 Å². The summed E-state index contributed by atoms with van der Waals surface area (Å²) in [6.07, 6.45) is 2.90. The number of aliphatic carboxylic acids is 1. The summed E-state index contributed by atoms with van der Waals surface area (Å²) < 4.78 is 19.1. The molecule has 2 atom stereocenters. The van der Waals surface area contributed by atoms with Crippen LogP contribution in [0.2, 0.25) is 5.02 Å². The number of esters is 1. The number of urea groups is 1. The molecular formula is C27H30ClFN6O5S. The molecule has 1 aromatic carbocycles. The number of methoxy groups -OCH3 is 1. The fourth-order valence-corrected chi connectivity index (χ4v) is 6.30. The van der Waals surface area contributed by atoms with Crippen molar-refractivity contribution >= 4 is 46.7 Å². The number of fused-ring (bicyclic) bond motifs is 1. The zero-order chi connectivity index (χ0) is 29.1. The zero-order valence-electron chi connectivity index (χ0n) is 22.4. The van der Waals surface area contributed by atoms with Crippen LogP contribution in [0.5, 0.6) is 0 Å². The number of aromatic nitrogens is 1. The number of carbonyl (C=O) groups excluding carboxylic acids is 2. The van der Waals surface area contributed by atoms with Crippen LogP contribution in [0.15, 0.2) is 46.0 Å². The Kier molecular flexibility index (Phi) is 8.85. The smallest absolute Gasteiger partial charge is 0.338 e. The summed E-state index contributed by atoms with van der Waals surface area (Å²) in [6.45, 7) is 3.12. The predicted molar refractivity (Wildman–Crippen MR) is 150 cm³/mol. The van der Waals surface area contributed by atoms with Gasteiger partial charge in [-0.2, -0.15) is 0 Å². The third kappa shape index (κ3) is 6.36. The summed E-state index contributed by atoms with van der Waals surface area (Å²) >= 11 is 7.83. The number of amidine groups is 1. The van der Waals surface area contributed by atoms with Crippen molar-refractivity contribution in [2.75, 3.05) is 46.4 Å². The van der Waals surface area contributed by atoms with Crippen LogP contribution in [0.25, 0.3) is 0 Å². The van der Waals surface area contributed by atoms with E-state index in [1.165, 1.54) is 36.6 Å². The molecule has 41 heavy (non-hydrogen) atoms. The average Bonchev–Trinajstić information content (AvgIpc) is 3.59. The predicted octanol–water partition coefficient (Wildman–Crippen LogP) is 3.13. The number of carboxylic acids is 1. The van der Waals surface area contributed by atoms with Gasteiger partial charge in [-0.05, 0) is 25.0 Å². The summed E-state index contributed by atoms with van der Waals surface area (Å²) in [6, 6.07) is 3.08. The second kappa shape index (κ2) is 12.5. The summed E-state index contributed by atoms with van der Waals surface area (Å²) in [7, 11) is 1.30. The Balaban J connectivity index is 1.38. The first-order valence-electron chi connectivity index (χ1n) is 13.3. The van der Waals surface area contributed by atoms with Gasteiger partial charge in [-0.1, -0.05) is 17.7 Å². The van der Waals surface area contributed by atoms with Gasteiger partial charge in [-0.25, -0.2) is 19.0 Å². The molecule has 3 aliphatic heterocycles. The molecule has 0 saturated carbocycles. The maximum atomic E-state index is 13.9. The minimum atomic E-state index is -0.846. The molecule has 2 saturated heterocycles. The van der Waals surface area contributed by atoms with E-state index in [1.54, 1.807) is 11.1 Å². The second-order valence-corrected chi connectivity index (χ2v) is 11.4. The number of thiazole rings is 1. The number of hydrogen-bond acceptors (Lipinski definition) is 9. The van der Waals surface area contributed by atoms with Crippen LogP contribution in [-0.2, 0) is 14.3 Å². The van der Waals surface area contributed by atoms with Crippen LogP contribution in [0.4, 0.5) is 9.18 Å². The number of rotatable bonds is 10. The van der Waals surface area contributed by atoms with Crippen LogP contribution < -0.4 is 5.32 Å². The molecule has 2 aromatic rings. The minimum Gasteiger partial charge on any atom is -0.481 e. The molecule has 14 heteroatoms.